The molecule has 1 rings (SSSR count). The molecule has 0 aliphatic carbocycles. The van der Waals surface area contributed by atoms with Gasteiger partial charge in [-0.05, 0) is 11.6 Å². The third-order valence-corrected chi connectivity index (χ3v) is 3.78. The van der Waals surface area contributed by atoms with Crippen molar-refractivity contribution in [1.82, 2.24) is 5.32 Å². The zero-order chi connectivity index (χ0) is 14.8. The van der Waals surface area contributed by atoms with E-state index in [-0.39, 0.29) is 18.2 Å². The molecular weight excluding hydrogens is 281 g/mol. The Labute approximate surface area is 123 Å². The lowest BCUT2D eigenvalue weighted by Crippen LogP contribution is -2.19. The number of carbonyl (C=O) groups is 1. The van der Waals surface area contributed by atoms with E-state index in [4.69, 9.17) is 4.74 Å². The molecule has 0 saturated carbocycles. The number of hydrogen-bond acceptors (Lipinski definition) is 5. The van der Waals surface area contributed by atoms with Crippen molar-refractivity contribution in [3.8, 4) is 0 Å². The van der Waals surface area contributed by atoms with E-state index >= 15 is 0 Å². The third kappa shape index (κ3) is 5.90. The highest BCUT2D eigenvalue weighted by molar-refractivity contribution is 7.99. The minimum absolute atomic E-state index is 0.258. The summed E-state index contributed by atoms with van der Waals surface area (Å²) in [7, 11) is 2.99. The summed E-state index contributed by atoms with van der Waals surface area (Å²) in [5.41, 5.74) is 0.885. The third-order valence-electron chi connectivity index (χ3n) is 2.63. The SMILES string of the molecule is COCCNCc1cccc(F)c1SCCC(=O)OC. The van der Waals surface area contributed by atoms with Crippen molar-refractivity contribution < 1.29 is 18.7 Å². The van der Waals surface area contributed by atoms with Crippen LogP contribution in [-0.4, -0.2) is 39.1 Å². The van der Waals surface area contributed by atoms with Gasteiger partial charge in [0.15, 0.2) is 0 Å². The Kier molecular flexibility index (Phi) is 8.25. The van der Waals surface area contributed by atoms with E-state index in [9.17, 15) is 9.18 Å². The second-order valence-electron chi connectivity index (χ2n) is 4.07. The van der Waals surface area contributed by atoms with Gasteiger partial charge in [0.05, 0.1) is 20.1 Å². The van der Waals surface area contributed by atoms with E-state index in [1.165, 1.54) is 24.9 Å². The summed E-state index contributed by atoms with van der Waals surface area (Å²) in [6.07, 6.45) is 0.270. The first-order valence-corrected chi connectivity index (χ1v) is 7.34. The zero-order valence-corrected chi connectivity index (χ0v) is 12.6. The van der Waals surface area contributed by atoms with E-state index in [0.29, 0.717) is 30.3 Å². The molecule has 0 radical (unpaired) electrons. The van der Waals surface area contributed by atoms with Gasteiger partial charge in [-0.1, -0.05) is 12.1 Å². The van der Waals surface area contributed by atoms with Crippen LogP contribution in [0.25, 0.3) is 0 Å². The minimum atomic E-state index is -0.284. The van der Waals surface area contributed by atoms with Crippen LogP contribution < -0.4 is 5.32 Å². The molecule has 0 bridgehead atoms. The predicted molar refractivity (Wildman–Crippen MR) is 77.3 cm³/mol. The Bertz CT molecular complexity index is 429. The number of rotatable bonds is 9. The molecule has 1 aromatic rings. The normalized spacial score (nSPS) is 10.6. The lowest BCUT2D eigenvalue weighted by molar-refractivity contribution is -0.140. The number of halogens is 1. The molecule has 4 nitrogen and oxygen atoms in total. The van der Waals surface area contributed by atoms with Gasteiger partial charge in [-0.2, -0.15) is 0 Å². The molecule has 0 unspecified atom stereocenters. The molecule has 0 aromatic heterocycles. The van der Waals surface area contributed by atoms with Crippen molar-refractivity contribution in [2.24, 2.45) is 0 Å². The Morgan fingerprint density at radius 1 is 1.40 bits per heavy atom. The smallest absolute Gasteiger partial charge is 0.306 e. The first-order valence-electron chi connectivity index (χ1n) is 6.35. The quantitative estimate of drug-likeness (QED) is 0.430. The van der Waals surface area contributed by atoms with Gasteiger partial charge in [0.1, 0.15) is 5.82 Å². The summed E-state index contributed by atoms with van der Waals surface area (Å²) < 4.78 is 23.4. The van der Waals surface area contributed by atoms with Crippen LogP contribution in [0.4, 0.5) is 4.39 Å². The van der Waals surface area contributed by atoms with Gasteiger partial charge in [-0.3, -0.25) is 4.79 Å². The molecule has 0 saturated heterocycles. The summed E-state index contributed by atoms with van der Waals surface area (Å²) in [4.78, 5) is 11.6. The summed E-state index contributed by atoms with van der Waals surface area (Å²) in [6, 6.07) is 5.00. The van der Waals surface area contributed by atoms with Crippen molar-refractivity contribution in [1.29, 1.82) is 0 Å². The van der Waals surface area contributed by atoms with E-state index in [1.54, 1.807) is 13.2 Å². The topological polar surface area (TPSA) is 47.6 Å². The van der Waals surface area contributed by atoms with E-state index in [2.05, 4.69) is 10.1 Å². The summed E-state index contributed by atoms with van der Waals surface area (Å²) in [6.45, 7) is 1.89. The number of carbonyl (C=O) groups excluding carboxylic acids is 1. The standard InChI is InChI=1S/C14H20FNO3S/c1-18-8-7-16-10-11-4-3-5-12(15)14(11)20-9-6-13(17)19-2/h3-5,16H,6-10H2,1-2H3. The van der Waals surface area contributed by atoms with Crippen LogP contribution in [0.15, 0.2) is 23.1 Å². The maximum Gasteiger partial charge on any atom is 0.306 e. The molecule has 0 amide bonds. The van der Waals surface area contributed by atoms with Crippen molar-refractivity contribution in [2.45, 2.75) is 17.9 Å². The highest BCUT2D eigenvalue weighted by atomic mass is 32.2. The number of methoxy groups -OCH3 is 2. The number of hydrogen-bond donors (Lipinski definition) is 1. The Balaban J connectivity index is 2.56. The van der Waals surface area contributed by atoms with Gasteiger partial charge in [0.25, 0.3) is 0 Å². The number of esters is 1. The van der Waals surface area contributed by atoms with Gasteiger partial charge < -0.3 is 14.8 Å². The Morgan fingerprint density at radius 3 is 2.90 bits per heavy atom. The first kappa shape index (κ1) is 16.9. The Hall–Kier alpha value is -1.11. The molecular formula is C14H20FNO3S. The molecule has 1 N–H and O–H groups in total. The van der Waals surface area contributed by atoms with Gasteiger partial charge in [-0.25, -0.2) is 4.39 Å². The fourth-order valence-electron chi connectivity index (χ4n) is 1.59. The summed E-state index contributed by atoms with van der Waals surface area (Å²) >= 11 is 1.33. The fourth-order valence-corrected chi connectivity index (χ4v) is 2.59. The molecule has 1 aromatic carbocycles. The number of ether oxygens (including phenoxy) is 2. The van der Waals surface area contributed by atoms with Crippen molar-refractivity contribution in [3.05, 3.63) is 29.6 Å². The first-order chi connectivity index (χ1) is 9.69. The van der Waals surface area contributed by atoms with Gasteiger partial charge in [0, 0.05) is 30.8 Å². The van der Waals surface area contributed by atoms with E-state index in [0.717, 1.165) is 5.56 Å². The van der Waals surface area contributed by atoms with Crippen LogP contribution in [0.2, 0.25) is 0 Å². The number of thioether (sulfide) groups is 1. The summed E-state index contributed by atoms with van der Waals surface area (Å²) in [5.74, 6) is -0.0434. The molecule has 0 spiro atoms. The van der Waals surface area contributed by atoms with E-state index < -0.39 is 0 Å². The van der Waals surface area contributed by atoms with Gasteiger partial charge in [0.2, 0.25) is 0 Å². The van der Waals surface area contributed by atoms with Crippen LogP contribution in [-0.2, 0) is 20.8 Å². The van der Waals surface area contributed by atoms with Crippen molar-refractivity contribution in [3.63, 3.8) is 0 Å². The molecule has 112 valence electrons. The van der Waals surface area contributed by atoms with Crippen molar-refractivity contribution in [2.75, 3.05) is 33.1 Å². The van der Waals surface area contributed by atoms with Crippen LogP contribution in [0, 0.1) is 5.82 Å². The summed E-state index contributed by atoms with van der Waals surface area (Å²) in [5, 5.41) is 3.18. The monoisotopic (exact) mass is 301 g/mol. The largest absolute Gasteiger partial charge is 0.469 e. The van der Waals surface area contributed by atoms with Crippen LogP contribution >= 0.6 is 11.8 Å². The molecule has 0 heterocycles. The highest BCUT2D eigenvalue weighted by Gasteiger charge is 2.10. The maximum atomic E-state index is 13.8. The molecule has 20 heavy (non-hydrogen) atoms. The van der Waals surface area contributed by atoms with Gasteiger partial charge >= 0.3 is 5.97 Å². The predicted octanol–water partition coefficient (Wildman–Crippen LogP) is 2.22. The average Bonchev–Trinajstić information content (AvgIpc) is 2.45. The molecule has 6 heteroatoms. The van der Waals surface area contributed by atoms with Crippen LogP contribution in [0.1, 0.15) is 12.0 Å². The molecule has 0 fully saturated rings. The number of benzene rings is 1. The Morgan fingerprint density at radius 2 is 2.20 bits per heavy atom. The zero-order valence-electron chi connectivity index (χ0n) is 11.8. The van der Waals surface area contributed by atoms with E-state index in [1.807, 2.05) is 6.07 Å². The average molecular weight is 301 g/mol. The highest BCUT2D eigenvalue weighted by Crippen LogP contribution is 2.26. The second-order valence-corrected chi connectivity index (χ2v) is 5.18. The molecule has 0 atom stereocenters. The second kappa shape index (κ2) is 9.74. The van der Waals surface area contributed by atoms with Crippen molar-refractivity contribution >= 4 is 17.7 Å². The molecule has 0 aliphatic rings. The maximum absolute atomic E-state index is 13.8. The lowest BCUT2D eigenvalue weighted by atomic mass is 10.2. The van der Waals surface area contributed by atoms with Gasteiger partial charge in [-0.15, -0.1) is 11.8 Å². The van der Waals surface area contributed by atoms with Crippen LogP contribution in [0.5, 0.6) is 0 Å². The minimum Gasteiger partial charge on any atom is -0.469 e. The number of nitrogens with one attached hydrogen (secondary N) is 1. The van der Waals surface area contributed by atoms with Crippen LogP contribution in [0.3, 0.4) is 0 Å². The molecule has 0 aliphatic heterocycles. The lowest BCUT2D eigenvalue weighted by Gasteiger charge is -2.11. The fraction of sp³-hybridized carbons (Fsp3) is 0.500.